The van der Waals surface area contributed by atoms with Gasteiger partial charge in [0.15, 0.2) is 0 Å². The van der Waals surface area contributed by atoms with Gasteiger partial charge >= 0.3 is 13.2 Å². The number of carbonyl (C=O) groups is 1. The number of guanidine groups is 1. The molecule has 246 valence electrons. The van der Waals surface area contributed by atoms with Crippen molar-refractivity contribution >= 4 is 48.1 Å². The van der Waals surface area contributed by atoms with Crippen molar-refractivity contribution in [2.75, 3.05) is 19.0 Å². The molecular formula is C34H33BCl2F4N4O2. The molecular weight excluding hydrogens is 654 g/mol. The summed E-state index contributed by atoms with van der Waals surface area (Å²) < 4.78 is 44.1. The highest BCUT2D eigenvalue weighted by Gasteiger charge is 2.47. The van der Waals surface area contributed by atoms with E-state index in [1.165, 1.54) is 12.7 Å². The number of fused-ring (bicyclic) bond motifs is 3. The quantitative estimate of drug-likeness (QED) is 0.0711. The topological polar surface area (TPSA) is 70.5 Å². The second kappa shape index (κ2) is 15.2. The Balaban J connectivity index is 0.000000807. The predicted molar refractivity (Wildman–Crippen MR) is 178 cm³/mol. The van der Waals surface area contributed by atoms with Crippen LogP contribution in [0.1, 0.15) is 51.1 Å². The molecule has 6 nitrogen and oxygen atoms in total. The van der Waals surface area contributed by atoms with E-state index in [4.69, 9.17) is 32.9 Å². The van der Waals surface area contributed by atoms with Gasteiger partial charge in [-0.25, -0.2) is 9.79 Å². The van der Waals surface area contributed by atoms with Gasteiger partial charge in [-0.1, -0.05) is 89.9 Å². The molecule has 3 atom stereocenters. The number of methoxy groups -OCH3 is 1. The molecule has 0 spiro atoms. The van der Waals surface area contributed by atoms with Crippen molar-refractivity contribution < 1.29 is 32.1 Å². The van der Waals surface area contributed by atoms with Crippen molar-refractivity contribution in [3.8, 4) is 0 Å². The zero-order valence-electron chi connectivity index (χ0n) is 25.4. The first kappa shape index (κ1) is 34.3. The van der Waals surface area contributed by atoms with E-state index in [0.29, 0.717) is 22.2 Å². The molecule has 2 aliphatic heterocycles. The number of halogens is 6. The first-order valence-electron chi connectivity index (χ1n) is 15.0. The Morgan fingerprint density at radius 2 is 1.60 bits per heavy atom. The normalized spacial score (nSPS) is 18.7. The number of aliphatic imine (C=N–C) groups is 1. The molecule has 4 aromatic rings. The van der Waals surface area contributed by atoms with Crippen molar-refractivity contribution in [1.29, 1.82) is 0 Å². The fraction of sp³-hybridized carbons (Fsp3) is 0.235. The number of rotatable bonds is 6. The van der Waals surface area contributed by atoms with E-state index >= 15 is 0 Å². The van der Waals surface area contributed by atoms with Crippen LogP contribution in [0.5, 0.6) is 0 Å². The van der Waals surface area contributed by atoms with E-state index in [2.05, 4.69) is 51.9 Å². The van der Waals surface area contributed by atoms with Gasteiger partial charge < -0.3 is 32.2 Å². The van der Waals surface area contributed by atoms with Crippen molar-refractivity contribution in [2.45, 2.75) is 31.6 Å². The standard InChI is InChI=1S/C34H32Cl2N4O2.BF4/c1-42-33(41)25-13-15-30-27(18-25)32-26(31(39-30)24-12-14-28(35)29(36)19-24)16-17-40(32)34(37-20-22-8-4-2-5-9-22)38-21-23-10-6-3-7-11-23;2-1(3,4)5/h2-15,18-19,26,31-32,39H,16-17,20-21H2,1H3,(H,37,38);/q;-1/p+1/t26-,31-,32-;/m0./s1. The molecule has 0 amide bonds. The fourth-order valence-corrected chi connectivity index (χ4v) is 6.47. The highest BCUT2D eigenvalue weighted by atomic mass is 35.5. The molecule has 3 N–H and O–H groups in total. The highest BCUT2D eigenvalue weighted by molar-refractivity contribution is 6.50. The summed E-state index contributed by atoms with van der Waals surface area (Å²) in [6.45, 7) is 2.18. The predicted octanol–water partition coefficient (Wildman–Crippen LogP) is 7.93. The van der Waals surface area contributed by atoms with Crippen molar-refractivity contribution in [1.82, 2.24) is 4.90 Å². The summed E-state index contributed by atoms with van der Waals surface area (Å²) in [4.78, 5) is 20.2. The minimum atomic E-state index is -6.00. The SMILES string of the molecule is COC(=O)c1ccc2c(c1)[C@@H]1[C@@H](CCN1C(=NCc1ccccc1)[NH2+]Cc1ccccc1)[C@H](c1ccc(Cl)c(Cl)c1)N2.F[B-](F)(F)F. The first-order chi connectivity index (χ1) is 22.5. The minimum Gasteiger partial charge on any atom is -0.465 e. The van der Waals surface area contributed by atoms with Crippen LogP contribution in [0, 0.1) is 5.92 Å². The van der Waals surface area contributed by atoms with Gasteiger partial charge in [-0.15, -0.1) is 0 Å². The monoisotopic (exact) mass is 686 g/mol. The maximum Gasteiger partial charge on any atom is 0.673 e. The van der Waals surface area contributed by atoms with Gasteiger partial charge in [-0.2, -0.15) is 0 Å². The van der Waals surface area contributed by atoms with E-state index in [1.807, 2.05) is 60.7 Å². The Bertz CT molecular complexity index is 1710. The number of quaternary nitrogens is 1. The van der Waals surface area contributed by atoms with Crippen LogP contribution >= 0.6 is 23.2 Å². The third kappa shape index (κ3) is 8.85. The van der Waals surface area contributed by atoms with Crippen LogP contribution in [0.25, 0.3) is 0 Å². The lowest BCUT2D eigenvalue weighted by molar-refractivity contribution is -0.567. The molecule has 0 radical (unpaired) electrons. The number of esters is 1. The van der Waals surface area contributed by atoms with E-state index in [0.717, 1.165) is 47.8 Å². The molecule has 6 rings (SSSR count). The largest absolute Gasteiger partial charge is 0.673 e. The maximum absolute atomic E-state index is 12.6. The molecule has 1 saturated heterocycles. The smallest absolute Gasteiger partial charge is 0.465 e. The van der Waals surface area contributed by atoms with Gasteiger partial charge in [0.25, 0.3) is 5.96 Å². The van der Waals surface area contributed by atoms with E-state index in [-0.39, 0.29) is 24.0 Å². The molecule has 0 aliphatic carbocycles. The summed E-state index contributed by atoms with van der Waals surface area (Å²) >= 11 is 12.8. The van der Waals surface area contributed by atoms with Gasteiger partial charge in [0.1, 0.15) is 6.54 Å². The summed E-state index contributed by atoms with van der Waals surface area (Å²) in [6.07, 6.45) is 0.938. The van der Waals surface area contributed by atoms with Gasteiger partial charge in [-0.05, 0) is 53.4 Å². The first-order valence-corrected chi connectivity index (χ1v) is 15.8. The Kier molecular flexibility index (Phi) is 11.1. The molecule has 0 bridgehead atoms. The average molecular weight is 687 g/mol. The summed E-state index contributed by atoms with van der Waals surface area (Å²) in [6, 6.07) is 32.4. The molecule has 2 aliphatic rings. The molecule has 0 saturated carbocycles. The summed E-state index contributed by atoms with van der Waals surface area (Å²) in [5.41, 5.74) is 6.06. The third-order valence-electron chi connectivity index (χ3n) is 8.20. The minimum absolute atomic E-state index is 0.00754. The van der Waals surface area contributed by atoms with E-state index in [1.54, 1.807) is 0 Å². The van der Waals surface area contributed by atoms with E-state index < -0.39 is 7.25 Å². The summed E-state index contributed by atoms with van der Waals surface area (Å²) in [5.74, 6) is 0.813. The number of benzene rings is 4. The number of likely N-dealkylation sites (tertiary alicyclic amines) is 1. The molecule has 0 aromatic heterocycles. The third-order valence-corrected chi connectivity index (χ3v) is 8.94. The van der Waals surface area contributed by atoms with Crippen LogP contribution in [0.4, 0.5) is 23.0 Å². The number of nitrogens with zero attached hydrogens (tertiary/aromatic N) is 2. The number of hydrogen-bond donors (Lipinski definition) is 2. The average Bonchev–Trinajstić information content (AvgIpc) is 3.51. The van der Waals surface area contributed by atoms with Gasteiger partial charge in [0.2, 0.25) is 0 Å². The van der Waals surface area contributed by atoms with E-state index in [9.17, 15) is 22.1 Å². The lowest BCUT2D eigenvalue weighted by Crippen LogP contribution is -2.90. The van der Waals surface area contributed by atoms with Crippen LogP contribution in [0.2, 0.25) is 10.0 Å². The van der Waals surface area contributed by atoms with Crippen molar-refractivity contribution in [3.63, 3.8) is 0 Å². The van der Waals surface area contributed by atoms with Crippen LogP contribution in [-0.2, 0) is 17.8 Å². The molecule has 0 unspecified atom stereocenters. The Morgan fingerprint density at radius 1 is 0.936 bits per heavy atom. The van der Waals surface area contributed by atoms with Crippen LogP contribution in [0.3, 0.4) is 0 Å². The van der Waals surface area contributed by atoms with Gasteiger partial charge in [0, 0.05) is 23.7 Å². The summed E-state index contributed by atoms with van der Waals surface area (Å²) in [7, 11) is -4.59. The van der Waals surface area contributed by atoms with Gasteiger partial charge in [0.05, 0.1) is 41.3 Å². The lowest BCUT2D eigenvalue weighted by atomic mass is 9.79. The van der Waals surface area contributed by atoms with Gasteiger partial charge in [-0.3, -0.25) is 5.32 Å². The van der Waals surface area contributed by atoms with Crippen molar-refractivity contribution in [2.24, 2.45) is 10.9 Å². The Labute approximate surface area is 280 Å². The number of hydrogen-bond acceptors (Lipinski definition) is 4. The lowest BCUT2D eigenvalue weighted by Gasteiger charge is -2.40. The second-order valence-corrected chi connectivity index (χ2v) is 12.0. The summed E-state index contributed by atoms with van der Waals surface area (Å²) in [5, 5.41) is 7.07. The van der Waals surface area contributed by atoms with Crippen LogP contribution in [0.15, 0.2) is 102 Å². The Hall–Kier alpha value is -4.06. The highest BCUT2D eigenvalue weighted by Crippen LogP contribution is 2.51. The molecule has 47 heavy (non-hydrogen) atoms. The number of ether oxygens (including phenoxy) is 1. The Morgan fingerprint density at radius 3 is 2.23 bits per heavy atom. The molecule has 2 heterocycles. The fourth-order valence-electron chi connectivity index (χ4n) is 6.17. The molecule has 4 aromatic carbocycles. The zero-order valence-corrected chi connectivity index (χ0v) is 26.9. The number of carbonyl (C=O) groups excluding carboxylic acids is 1. The van der Waals surface area contributed by atoms with Crippen LogP contribution in [-0.4, -0.2) is 37.7 Å². The molecule has 1 fully saturated rings. The zero-order chi connectivity index (χ0) is 33.6. The molecule has 13 heteroatoms. The number of nitrogens with two attached hydrogens (primary N) is 1. The van der Waals surface area contributed by atoms with Crippen molar-refractivity contribution in [3.05, 3.63) is 135 Å². The number of anilines is 1. The number of nitrogens with one attached hydrogen (secondary N) is 1. The maximum atomic E-state index is 12.6. The van der Waals surface area contributed by atoms with Crippen LogP contribution < -0.4 is 10.6 Å². The second-order valence-electron chi connectivity index (χ2n) is 11.2.